The lowest BCUT2D eigenvalue weighted by atomic mass is 9.73. The predicted molar refractivity (Wildman–Crippen MR) is 83.7 cm³/mol. The molecule has 0 heterocycles. The first-order valence-electron chi connectivity index (χ1n) is 6.87. The monoisotopic (exact) mass is 321 g/mol. The van der Waals surface area contributed by atoms with E-state index in [0.717, 1.165) is 24.8 Å². The van der Waals surface area contributed by atoms with Crippen molar-refractivity contribution >= 4 is 21.6 Å². The number of rotatable bonds is 4. The number of hydrogen-bond acceptors (Lipinski definition) is 2. The molecule has 2 aromatic carbocycles. The maximum atomic E-state index is 12.5. The number of hydrogen-bond donors (Lipinski definition) is 1. The Kier molecular flexibility index (Phi) is 3.78. The molecule has 1 fully saturated rings. The third kappa shape index (κ3) is 2.84. The third-order valence-electron chi connectivity index (χ3n) is 3.99. The van der Waals surface area contributed by atoms with Gasteiger partial charge in [-0.1, -0.05) is 41.9 Å². The molecule has 110 valence electrons. The zero-order chi connectivity index (χ0) is 14.9. The summed E-state index contributed by atoms with van der Waals surface area (Å²) in [5, 5.41) is 0.652. The van der Waals surface area contributed by atoms with Crippen LogP contribution in [0.2, 0.25) is 5.02 Å². The SMILES string of the molecule is O=S(=O)(NC1(c2ccc(Cl)cc2)CCC1)c1ccccc1. The minimum atomic E-state index is -3.52. The summed E-state index contributed by atoms with van der Waals surface area (Å²) in [6, 6.07) is 15.9. The van der Waals surface area contributed by atoms with Crippen LogP contribution in [0.1, 0.15) is 24.8 Å². The molecule has 1 saturated carbocycles. The van der Waals surface area contributed by atoms with Crippen molar-refractivity contribution < 1.29 is 8.42 Å². The van der Waals surface area contributed by atoms with Crippen LogP contribution in [0.3, 0.4) is 0 Å². The van der Waals surface area contributed by atoms with Crippen LogP contribution in [0, 0.1) is 0 Å². The first kappa shape index (κ1) is 14.6. The summed E-state index contributed by atoms with van der Waals surface area (Å²) in [5.41, 5.74) is 0.469. The lowest BCUT2D eigenvalue weighted by Crippen LogP contribution is -2.50. The highest BCUT2D eigenvalue weighted by molar-refractivity contribution is 7.89. The van der Waals surface area contributed by atoms with Gasteiger partial charge in [-0.05, 0) is 49.1 Å². The highest BCUT2D eigenvalue weighted by Crippen LogP contribution is 2.42. The summed E-state index contributed by atoms with van der Waals surface area (Å²) >= 11 is 5.91. The Hall–Kier alpha value is -1.36. The molecule has 0 aromatic heterocycles. The molecule has 21 heavy (non-hydrogen) atoms. The van der Waals surface area contributed by atoms with Crippen LogP contribution in [0.15, 0.2) is 59.5 Å². The van der Waals surface area contributed by atoms with E-state index in [0.29, 0.717) is 9.92 Å². The van der Waals surface area contributed by atoms with Gasteiger partial charge >= 0.3 is 0 Å². The lowest BCUT2D eigenvalue weighted by molar-refractivity contribution is 0.224. The van der Waals surface area contributed by atoms with Gasteiger partial charge in [0.25, 0.3) is 0 Å². The smallest absolute Gasteiger partial charge is 0.207 e. The molecule has 2 aromatic rings. The molecule has 0 amide bonds. The Labute approximate surface area is 130 Å². The second kappa shape index (κ2) is 5.44. The molecular formula is C16H16ClNO2S. The molecule has 0 bridgehead atoms. The molecule has 5 heteroatoms. The van der Waals surface area contributed by atoms with E-state index in [9.17, 15) is 8.42 Å². The summed E-state index contributed by atoms with van der Waals surface area (Å²) in [5.74, 6) is 0. The first-order valence-corrected chi connectivity index (χ1v) is 8.73. The van der Waals surface area contributed by atoms with Crippen molar-refractivity contribution in [2.75, 3.05) is 0 Å². The van der Waals surface area contributed by atoms with E-state index in [1.165, 1.54) is 0 Å². The van der Waals surface area contributed by atoms with Crippen LogP contribution < -0.4 is 4.72 Å². The lowest BCUT2D eigenvalue weighted by Gasteiger charge is -2.42. The number of nitrogens with one attached hydrogen (secondary N) is 1. The standard InChI is InChI=1S/C16H16ClNO2S/c17-14-9-7-13(8-10-14)16(11-4-12-16)18-21(19,20)15-5-2-1-3-6-15/h1-3,5-10,18H,4,11-12H2. The quantitative estimate of drug-likeness (QED) is 0.933. The molecule has 1 aliphatic rings. The Morgan fingerprint density at radius 2 is 1.57 bits per heavy atom. The fourth-order valence-corrected chi connectivity index (χ4v) is 4.26. The summed E-state index contributed by atoms with van der Waals surface area (Å²) in [7, 11) is -3.52. The van der Waals surface area contributed by atoms with Crippen molar-refractivity contribution in [1.29, 1.82) is 0 Å². The molecule has 1 aliphatic carbocycles. The van der Waals surface area contributed by atoms with Crippen LogP contribution >= 0.6 is 11.6 Å². The van der Waals surface area contributed by atoms with Crippen molar-refractivity contribution in [3.63, 3.8) is 0 Å². The topological polar surface area (TPSA) is 46.2 Å². The van der Waals surface area contributed by atoms with Gasteiger partial charge in [-0.3, -0.25) is 0 Å². The van der Waals surface area contributed by atoms with E-state index in [1.54, 1.807) is 42.5 Å². The average molecular weight is 322 g/mol. The largest absolute Gasteiger partial charge is 0.241 e. The Morgan fingerprint density at radius 3 is 2.10 bits per heavy atom. The van der Waals surface area contributed by atoms with Crippen molar-refractivity contribution in [2.45, 2.75) is 29.7 Å². The van der Waals surface area contributed by atoms with E-state index >= 15 is 0 Å². The molecule has 0 radical (unpaired) electrons. The van der Waals surface area contributed by atoms with Crippen molar-refractivity contribution in [3.05, 3.63) is 65.2 Å². The number of benzene rings is 2. The molecular weight excluding hydrogens is 306 g/mol. The van der Waals surface area contributed by atoms with E-state index in [-0.39, 0.29) is 0 Å². The van der Waals surface area contributed by atoms with Crippen LogP contribution in [0.25, 0.3) is 0 Å². The van der Waals surface area contributed by atoms with Gasteiger partial charge in [0.05, 0.1) is 10.4 Å². The van der Waals surface area contributed by atoms with E-state index in [2.05, 4.69) is 4.72 Å². The van der Waals surface area contributed by atoms with Gasteiger partial charge in [-0.15, -0.1) is 0 Å². The Morgan fingerprint density at radius 1 is 0.952 bits per heavy atom. The highest BCUT2D eigenvalue weighted by atomic mass is 35.5. The van der Waals surface area contributed by atoms with Crippen molar-refractivity contribution in [3.8, 4) is 0 Å². The average Bonchev–Trinajstić information content (AvgIpc) is 2.45. The molecule has 0 unspecified atom stereocenters. The summed E-state index contributed by atoms with van der Waals surface area (Å²) in [6.07, 6.45) is 2.63. The molecule has 0 atom stereocenters. The second-order valence-corrected chi connectivity index (χ2v) is 7.48. The van der Waals surface area contributed by atoms with E-state index in [1.807, 2.05) is 12.1 Å². The summed E-state index contributed by atoms with van der Waals surface area (Å²) < 4.78 is 28.0. The normalized spacial score (nSPS) is 17.2. The first-order chi connectivity index (χ1) is 10.0. The summed E-state index contributed by atoms with van der Waals surface area (Å²) in [4.78, 5) is 0.297. The van der Waals surface area contributed by atoms with Gasteiger partial charge in [0.15, 0.2) is 0 Å². The minimum Gasteiger partial charge on any atom is -0.207 e. The fraction of sp³-hybridized carbons (Fsp3) is 0.250. The third-order valence-corrected chi connectivity index (χ3v) is 5.79. The maximum Gasteiger partial charge on any atom is 0.241 e. The maximum absolute atomic E-state index is 12.5. The zero-order valence-electron chi connectivity index (χ0n) is 11.4. The van der Waals surface area contributed by atoms with Crippen LogP contribution in [-0.4, -0.2) is 8.42 Å². The van der Waals surface area contributed by atoms with Gasteiger partial charge in [0.2, 0.25) is 10.0 Å². The molecule has 3 rings (SSSR count). The highest BCUT2D eigenvalue weighted by Gasteiger charge is 2.42. The molecule has 0 saturated heterocycles. The fourth-order valence-electron chi connectivity index (χ4n) is 2.66. The van der Waals surface area contributed by atoms with Gasteiger partial charge < -0.3 is 0 Å². The van der Waals surface area contributed by atoms with E-state index in [4.69, 9.17) is 11.6 Å². The Bertz CT molecular complexity index is 723. The van der Waals surface area contributed by atoms with Gasteiger partial charge in [-0.2, -0.15) is 0 Å². The zero-order valence-corrected chi connectivity index (χ0v) is 13.0. The number of halogens is 1. The van der Waals surface area contributed by atoms with Gasteiger partial charge in [0, 0.05) is 5.02 Å². The van der Waals surface area contributed by atoms with Crippen LogP contribution in [-0.2, 0) is 15.6 Å². The Balaban J connectivity index is 1.93. The second-order valence-electron chi connectivity index (χ2n) is 5.36. The number of sulfonamides is 1. The molecule has 0 aliphatic heterocycles. The van der Waals surface area contributed by atoms with Crippen molar-refractivity contribution in [2.24, 2.45) is 0 Å². The van der Waals surface area contributed by atoms with Crippen LogP contribution in [0.4, 0.5) is 0 Å². The van der Waals surface area contributed by atoms with Gasteiger partial charge in [-0.25, -0.2) is 13.1 Å². The molecule has 3 nitrogen and oxygen atoms in total. The molecule has 1 N–H and O–H groups in total. The van der Waals surface area contributed by atoms with Crippen LogP contribution in [0.5, 0.6) is 0 Å². The predicted octanol–water partition coefficient (Wildman–Crippen LogP) is 3.70. The van der Waals surface area contributed by atoms with Gasteiger partial charge in [0.1, 0.15) is 0 Å². The van der Waals surface area contributed by atoms with Crippen molar-refractivity contribution in [1.82, 2.24) is 4.72 Å². The minimum absolute atomic E-state index is 0.297. The summed E-state index contributed by atoms with van der Waals surface area (Å²) in [6.45, 7) is 0. The molecule has 0 spiro atoms. The van der Waals surface area contributed by atoms with E-state index < -0.39 is 15.6 Å².